The van der Waals surface area contributed by atoms with Crippen molar-refractivity contribution in [3.63, 3.8) is 0 Å². The Balaban J connectivity index is 2.43. The molecular formula is C10H16ClN3S. The van der Waals surface area contributed by atoms with Gasteiger partial charge in [0.15, 0.2) is 0 Å². The molecule has 1 rings (SSSR count). The van der Waals surface area contributed by atoms with Gasteiger partial charge in [-0.15, -0.1) is 0 Å². The first-order chi connectivity index (χ1) is 7.11. The third-order valence-corrected chi connectivity index (χ3v) is 3.30. The van der Waals surface area contributed by atoms with Crippen molar-refractivity contribution < 1.29 is 0 Å². The quantitative estimate of drug-likeness (QED) is 0.810. The maximum atomic E-state index is 5.75. The fourth-order valence-electron chi connectivity index (χ4n) is 1.14. The van der Waals surface area contributed by atoms with Gasteiger partial charge in [-0.05, 0) is 31.2 Å². The molecule has 0 radical (unpaired) electrons. The Kier molecular flexibility index (Phi) is 5.19. The monoisotopic (exact) mass is 245 g/mol. The maximum Gasteiger partial charge on any atom is 0.224 e. The van der Waals surface area contributed by atoms with Crippen LogP contribution < -0.4 is 5.32 Å². The zero-order valence-electron chi connectivity index (χ0n) is 9.25. The van der Waals surface area contributed by atoms with Crippen LogP contribution in [0.5, 0.6) is 0 Å². The average molecular weight is 246 g/mol. The number of nitrogens with zero attached hydrogens (tertiary/aromatic N) is 2. The lowest BCUT2D eigenvalue weighted by molar-refractivity contribution is 0.848. The molecule has 0 aliphatic heterocycles. The number of nitrogens with one attached hydrogen (secondary N) is 1. The van der Waals surface area contributed by atoms with Crippen molar-refractivity contribution in [3.05, 3.63) is 17.0 Å². The van der Waals surface area contributed by atoms with Gasteiger partial charge in [-0.3, -0.25) is 0 Å². The van der Waals surface area contributed by atoms with Crippen LogP contribution in [-0.4, -0.2) is 28.0 Å². The van der Waals surface area contributed by atoms with E-state index in [-0.39, 0.29) is 0 Å². The summed E-state index contributed by atoms with van der Waals surface area (Å²) in [5.41, 5.74) is 0.885. The van der Waals surface area contributed by atoms with E-state index in [0.29, 0.717) is 10.5 Å². The molecule has 0 amide bonds. The highest BCUT2D eigenvalue weighted by molar-refractivity contribution is 7.99. The number of hydrogen-bond acceptors (Lipinski definition) is 4. The highest BCUT2D eigenvalue weighted by Gasteiger charge is 2.01. The zero-order valence-corrected chi connectivity index (χ0v) is 10.8. The normalized spacial score (nSPS) is 12.5. The van der Waals surface area contributed by atoms with Gasteiger partial charge in [0, 0.05) is 23.6 Å². The molecule has 0 fully saturated rings. The molecule has 0 aliphatic rings. The van der Waals surface area contributed by atoms with Gasteiger partial charge in [0.25, 0.3) is 0 Å². The second kappa shape index (κ2) is 6.18. The summed E-state index contributed by atoms with van der Waals surface area (Å²) in [7, 11) is 0. The molecule has 1 atom stereocenters. The zero-order chi connectivity index (χ0) is 11.3. The van der Waals surface area contributed by atoms with Crippen molar-refractivity contribution in [2.45, 2.75) is 25.5 Å². The molecule has 1 N–H and O–H groups in total. The van der Waals surface area contributed by atoms with Crippen LogP contribution in [0.4, 0.5) is 5.82 Å². The summed E-state index contributed by atoms with van der Waals surface area (Å²) >= 11 is 7.62. The van der Waals surface area contributed by atoms with Crippen LogP contribution in [0.2, 0.25) is 5.28 Å². The Morgan fingerprint density at radius 2 is 2.27 bits per heavy atom. The second-order valence-electron chi connectivity index (χ2n) is 3.43. The molecule has 0 spiro atoms. The number of aryl methyl sites for hydroxylation is 1. The number of anilines is 1. The van der Waals surface area contributed by atoms with Crippen LogP contribution in [0.15, 0.2) is 6.07 Å². The second-order valence-corrected chi connectivity index (χ2v) is 5.04. The predicted molar refractivity (Wildman–Crippen MR) is 67.9 cm³/mol. The minimum atomic E-state index is 0.301. The molecule has 0 aromatic carbocycles. The smallest absolute Gasteiger partial charge is 0.224 e. The number of thioether (sulfide) groups is 1. The van der Waals surface area contributed by atoms with Gasteiger partial charge < -0.3 is 5.32 Å². The summed E-state index contributed by atoms with van der Waals surface area (Å²) in [6.07, 6.45) is 3.23. The Labute approximate surface area is 100 Å². The summed E-state index contributed by atoms with van der Waals surface area (Å²) in [5.74, 6) is 0.806. The van der Waals surface area contributed by atoms with E-state index < -0.39 is 0 Å². The topological polar surface area (TPSA) is 37.8 Å². The minimum Gasteiger partial charge on any atom is -0.370 e. The third kappa shape index (κ3) is 4.71. The van der Waals surface area contributed by atoms with Gasteiger partial charge in [0.1, 0.15) is 5.82 Å². The van der Waals surface area contributed by atoms with E-state index in [1.165, 1.54) is 0 Å². The molecule has 0 saturated heterocycles. The van der Waals surface area contributed by atoms with Gasteiger partial charge in [-0.2, -0.15) is 11.8 Å². The van der Waals surface area contributed by atoms with E-state index in [9.17, 15) is 0 Å². The molecule has 1 aromatic rings. The fraction of sp³-hybridized carbons (Fsp3) is 0.600. The minimum absolute atomic E-state index is 0.301. The van der Waals surface area contributed by atoms with E-state index in [0.717, 1.165) is 24.5 Å². The first-order valence-corrected chi connectivity index (χ1v) is 6.56. The van der Waals surface area contributed by atoms with Crippen molar-refractivity contribution in [3.8, 4) is 0 Å². The molecule has 15 heavy (non-hydrogen) atoms. The van der Waals surface area contributed by atoms with Gasteiger partial charge in [0.2, 0.25) is 5.28 Å². The molecule has 5 heteroatoms. The van der Waals surface area contributed by atoms with Crippen LogP contribution in [0.25, 0.3) is 0 Å². The largest absolute Gasteiger partial charge is 0.370 e. The first-order valence-electron chi connectivity index (χ1n) is 4.89. The van der Waals surface area contributed by atoms with Crippen molar-refractivity contribution in [1.82, 2.24) is 9.97 Å². The fourth-order valence-corrected chi connectivity index (χ4v) is 1.72. The van der Waals surface area contributed by atoms with Crippen molar-refractivity contribution in [1.29, 1.82) is 0 Å². The summed E-state index contributed by atoms with van der Waals surface area (Å²) in [4.78, 5) is 8.10. The number of rotatable bonds is 5. The van der Waals surface area contributed by atoms with Crippen LogP contribution >= 0.6 is 23.4 Å². The lowest BCUT2D eigenvalue weighted by atomic mass is 10.3. The molecule has 1 unspecified atom stereocenters. The Morgan fingerprint density at radius 1 is 1.53 bits per heavy atom. The Hall–Kier alpha value is -0.480. The molecular weight excluding hydrogens is 230 g/mol. The predicted octanol–water partition coefficient (Wildman–Crippen LogP) is 2.99. The van der Waals surface area contributed by atoms with E-state index in [1.54, 1.807) is 0 Å². The van der Waals surface area contributed by atoms with E-state index in [1.807, 2.05) is 24.8 Å². The number of hydrogen-bond donors (Lipinski definition) is 1. The molecule has 1 heterocycles. The first kappa shape index (κ1) is 12.6. The highest BCUT2D eigenvalue weighted by Crippen LogP contribution is 2.12. The van der Waals surface area contributed by atoms with Crippen LogP contribution in [0, 0.1) is 6.92 Å². The maximum absolute atomic E-state index is 5.75. The summed E-state index contributed by atoms with van der Waals surface area (Å²) in [6, 6.07) is 1.90. The van der Waals surface area contributed by atoms with Crippen LogP contribution in [0.3, 0.4) is 0 Å². The summed E-state index contributed by atoms with van der Waals surface area (Å²) in [5, 5.41) is 4.21. The standard InChI is InChI=1S/C10H16ClN3S/c1-7-6-9(14-10(11)13-7)12-5-4-8(2)15-3/h6,8H,4-5H2,1-3H3,(H,12,13,14). The van der Waals surface area contributed by atoms with Gasteiger partial charge in [-0.25, -0.2) is 9.97 Å². The van der Waals surface area contributed by atoms with Gasteiger partial charge in [0.05, 0.1) is 0 Å². The Morgan fingerprint density at radius 3 is 2.87 bits per heavy atom. The number of halogens is 1. The molecule has 1 aromatic heterocycles. The Bertz CT molecular complexity index is 299. The van der Waals surface area contributed by atoms with Crippen molar-refractivity contribution in [2.75, 3.05) is 18.1 Å². The van der Waals surface area contributed by atoms with E-state index in [4.69, 9.17) is 11.6 Å². The van der Waals surface area contributed by atoms with E-state index >= 15 is 0 Å². The summed E-state index contributed by atoms with van der Waals surface area (Å²) in [6.45, 7) is 5.03. The van der Waals surface area contributed by atoms with Crippen LogP contribution in [-0.2, 0) is 0 Å². The molecule has 0 aliphatic carbocycles. The lowest BCUT2D eigenvalue weighted by Crippen LogP contribution is -2.09. The van der Waals surface area contributed by atoms with Crippen LogP contribution in [0.1, 0.15) is 19.0 Å². The van der Waals surface area contributed by atoms with E-state index in [2.05, 4.69) is 28.5 Å². The average Bonchev–Trinajstić information content (AvgIpc) is 2.16. The third-order valence-electron chi connectivity index (χ3n) is 2.09. The molecule has 3 nitrogen and oxygen atoms in total. The number of aromatic nitrogens is 2. The van der Waals surface area contributed by atoms with Crippen molar-refractivity contribution >= 4 is 29.2 Å². The SMILES string of the molecule is CSC(C)CCNc1cc(C)nc(Cl)n1. The van der Waals surface area contributed by atoms with Gasteiger partial charge in [-0.1, -0.05) is 6.92 Å². The molecule has 0 saturated carbocycles. The highest BCUT2D eigenvalue weighted by atomic mass is 35.5. The van der Waals surface area contributed by atoms with Gasteiger partial charge >= 0.3 is 0 Å². The summed E-state index contributed by atoms with van der Waals surface area (Å²) < 4.78 is 0. The molecule has 84 valence electrons. The molecule has 0 bridgehead atoms. The van der Waals surface area contributed by atoms with Crippen molar-refractivity contribution in [2.24, 2.45) is 0 Å². The lowest BCUT2D eigenvalue weighted by Gasteiger charge is -2.09.